The zero-order chi connectivity index (χ0) is 14.9. The quantitative estimate of drug-likeness (QED) is 0.928. The van der Waals surface area contributed by atoms with Gasteiger partial charge in [0.25, 0.3) is 0 Å². The van der Waals surface area contributed by atoms with Crippen molar-refractivity contribution < 1.29 is 0 Å². The largest absolute Gasteiger partial charge is 0.357 e. The average molecular weight is 325 g/mol. The number of nitrogens with two attached hydrogens (primary N) is 1. The molecule has 0 spiro atoms. The second kappa shape index (κ2) is 7.16. The smallest absolute Gasteiger partial charge is 0.128 e. The van der Waals surface area contributed by atoms with Crippen LogP contribution in [0.4, 0.5) is 5.82 Å². The summed E-state index contributed by atoms with van der Waals surface area (Å²) in [5.41, 5.74) is 7.73. The minimum atomic E-state index is 0. The first-order valence-corrected chi connectivity index (χ1v) is 8.22. The van der Waals surface area contributed by atoms with Gasteiger partial charge in [-0.05, 0) is 36.3 Å². The third-order valence-electron chi connectivity index (χ3n) is 5.04. The van der Waals surface area contributed by atoms with Gasteiger partial charge in [-0.2, -0.15) is 0 Å². The summed E-state index contributed by atoms with van der Waals surface area (Å²) in [7, 11) is 0. The van der Waals surface area contributed by atoms with Crippen LogP contribution in [-0.4, -0.2) is 42.1 Å². The summed E-state index contributed by atoms with van der Waals surface area (Å²) in [5, 5.41) is 0. The standard InChI is InChI=1S/C17H28N4.ClH/c1-17(2)13-20(10-7-15(17)18)12-14-5-6-16(19-11-14)21-8-3-4-9-21;/h5-6,11,15H,3-4,7-10,12-13,18H2,1-2H3;1H. The van der Waals surface area contributed by atoms with Crippen LogP contribution < -0.4 is 10.6 Å². The van der Waals surface area contributed by atoms with Crippen molar-refractivity contribution in [1.29, 1.82) is 0 Å². The lowest BCUT2D eigenvalue weighted by atomic mass is 9.79. The first-order chi connectivity index (χ1) is 10.0. The molecular formula is C17H29ClN4. The van der Waals surface area contributed by atoms with Crippen LogP contribution in [0.25, 0.3) is 0 Å². The Hall–Kier alpha value is -0.840. The van der Waals surface area contributed by atoms with Crippen LogP contribution in [0.15, 0.2) is 18.3 Å². The van der Waals surface area contributed by atoms with Crippen LogP contribution in [0.2, 0.25) is 0 Å². The minimum absolute atomic E-state index is 0. The summed E-state index contributed by atoms with van der Waals surface area (Å²) in [6.07, 6.45) is 5.74. The number of pyridine rings is 1. The Morgan fingerprint density at radius 3 is 2.55 bits per heavy atom. The monoisotopic (exact) mass is 324 g/mol. The Morgan fingerprint density at radius 2 is 1.95 bits per heavy atom. The van der Waals surface area contributed by atoms with Crippen molar-refractivity contribution in [2.45, 2.75) is 45.7 Å². The number of halogens is 1. The maximum atomic E-state index is 6.21. The van der Waals surface area contributed by atoms with Crippen molar-refractivity contribution in [3.05, 3.63) is 23.9 Å². The van der Waals surface area contributed by atoms with E-state index in [0.29, 0.717) is 6.04 Å². The van der Waals surface area contributed by atoms with Crippen molar-refractivity contribution in [3.8, 4) is 0 Å². The number of piperidine rings is 1. The van der Waals surface area contributed by atoms with Gasteiger partial charge in [-0.15, -0.1) is 12.4 Å². The molecule has 4 nitrogen and oxygen atoms in total. The van der Waals surface area contributed by atoms with E-state index >= 15 is 0 Å². The van der Waals surface area contributed by atoms with Crippen LogP contribution in [0, 0.1) is 5.41 Å². The van der Waals surface area contributed by atoms with E-state index in [1.54, 1.807) is 0 Å². The number of rotatable bonds is 3. The molecule has 1 aromatic heterocycles. The number of anilines is 1. The maximum absolute atomic E-state index is 6.21. The lowest BCUT2D eigenvalue weighted by Gasteiger charge is -2.42. The summed E-state index contributed by atoms with van der Waals surface area (Å²) in [5.74, 6) is 1.14. The molecule has 0 saturated carbocycles. The van der Waals surface area contributed by atoms with Crippen LogP contribution in [-0.2, 0) is 6.54 Å². The van der Waals surface area contributed by atoms with Gasteiger partial charge in [-0.3, -0.25) is 4.90 Å². The fourth-order valence-electron chi connectivity index (χ4n) is 3.52. The molecule has 2 saturated heterocycles. The number of nitrogens with zero attached hydrogens (tertiary/aromatic N) is 3. The second-order valence-electron chi connectivity index (χ2n) is 7.31. The molecule has 1 aromatic rings. The molecule has 3 rings (SSSR count). The van der Waals surface area contributed by atoms with Crippen molar-refractivity contribution >= 4 is 18.2 Å². The summed E-state index contributed by atoms with van der Waals surface area (Å²) < 4.78 is 0. The minimum Gasteiger partial charge on any atom is -0.357 e. The third kappa shape index (κ3) is 3.92. The molecule has 124 valence electrons. The normalized spacial score (nSPS) is 25.0. The first-order valence-electron chi connectivity index (χ1n) is 8.22. The highest BCUT2D eigenvalue weighted by Gasteiger charge is 2.33. The molecule has 1 atom stereocenters. The number of hydrogen-bond donors (Lipinski definition) is 1. The number of hydrogen-bond acceptors (Lipinski definition) is 4. The summed E-state index contributed by atoms with van der Waals surface area (Å²) in [6.45, 7) is 10.0. The van der Waals surface area contributed by atoms with E-state index in [9.17, 15) is 0 Å². The van der Waals surface area contributed by atoms with Gasteiger partial charge in [0, 0.05) is 45.0 Å². The van der Waals surface area contributed by atoms with E-state index in [2.05, 4.69) is 47.0 Å². The van der Waals surface area contributed by atoms with Crippen molar-refractivity contribution in [1.82, 2.24) is 9.88 Å². The van der Waals surface area contributed by atoms with Crippen LogP contribution in [0.5, 0.6) is 0 Å². The van der Waals surface area contributed by atoms with Crippen molar-refractivity contribution in [3.63, 3.8) is 0 Å². The Labute approximate surface area is 140 Å². The summed E-state index contributed by atoms with van der Waals surface area (Å²) in [6, 6.07) is 4.74. The molecule has 0 radical (unpaired) electrons. The Balaban J connectivity index is 0.00000176. The van der Waals surface area contributed by atoms with Gasteiger partial charge in [0.2, 0.25) is 0 Å². The van der Waals surface area contributed by atoms with E-state index in [1.807, 2.05) is 0 Å². The van der Waals surface area contributed by atoms with Gasteiger partial charge in [-0.25, -0.2) is 4.98 Å². The molecule has 2 aliphatic rings. The highest BCUT2D eigenvalue weighted by molar-refractivity contribution is 5.85. The highest BCUT2D eigenvalue weighted by atomic mass is 35.5. The SMILES string of the molecule is CC1(C)CN(Cc2ccc(N3CCCC3)nc2)CCC1N.Cl. The topological polar surface area (TPSA) is 45.4 Å². The maximum Gasteiger partial charge on any atom is 0.128 e. The molecule has 0 bridgehead atoms. The Kier molecular flexibility index (Phi) is 5.70. The predicted octanol–water partition coefficient (Wildman–Crippen LogP) is 2.66. The van der Waals surface area contributed by atoms with E-state index in [-0.39, 0.29) is 17.8 Å². The molecular weight excluding hydrogens is 296 g/mol. The molecule has 5 heteroatoms. The fourth-order valence-corrected chi connectivity index (χ4v) is 3.52. The van der Waals surface area contributed by atoms with Gasteiger partial charge in [0.1, 0.15) is 5.82 Å². The zero-order valence-electron chi connectivity index (χ0n) is 13.8. The highest BCUT2D eigenvalue weighted by Crippen LogP contribution is 2.28. The average Bonchev–Trinajstić information content (AvgIpc) is 2.98. The van der Waals surface area contributed by atoms with E-state index in [4.69, 9.17) is 5.73 Å². The number of likely N-dealkylation sites (tertiary alicyclic amines) is 1. The van der Waals surface area contributed by atoms with Crippen LogP contribution >= 0.6 is 12.4 Å². The van der Waals surface area contributed by atoms with Gasteiger partial charge in [-0.1, -0.05) is 19.9 Å². The molecule has 0 amide bonds. The van der Waals surface area contributed by atoms with E-state index in [0.717, 1.165) is 45.0 Å². The third-order valence-corrected chi connectivity index (χ3v) is 5.04. The number of aromatic nitrogens is 1. The molecule has 0 aliphatic carbocycles. The van der Waals surface area contributed by atoms with E-state index in [1.165, 1.54) is 18.4 Å². The molecule has 2 aliphatic heterocycles. The molecule has 1 unspecified atom stereocenters. The zero-order valence-corrected chi connectivity index (χ0v) is 14.6. The summed E-state index contributed by atoms with van der Waals surface area (Å²) >= 11 is 0. The van der Waals surface area contributed by atoms with Crippen molar-refractivity contribution in [2.75, 3.05) is 31.1 Å². The molecule has 0 aromatic carbocycles. The van der Waals surface area contributed by atoms with Gasteiger partial charge < -0.3 is 10.6 Å². The molecule has 3 heterocycles. The van der Waals surface area contributed by atoms with Crippen LogP contribution in [0.3, 0.4) is 0 Å². The molecule has 2 N–H and O–H groups in total. The van der Waals surface area contributed by atoms with Gasteiger partial charge in [0.05, 0.1) is 0 Å². The Morgan fingerprint density at radius 1 is 1.23 bits per heavy atom. The predicted molar refractivity (Wildman–Crippen MR) is 94.6 cm³/mol. The fraction of sp³-hybridized carbons (Fsp3) is 0.706. The first kappa shape index (κ1) is 17.5. The van der Waals surface area contributed by atoms with Crippen LogP contribution in [0.1, 0.15) is 38.7 Å². The van der Waals surface area contributed by atoms with E-state index < -0.39 is 0 Å². The molecule has 22 heavy (non-hydrogen) atoms. The lowest BCUT2D eigenvalue weighted by molar-refractivity contribution is 0.0898. The Bertz CT molecular complexity index is 468. The van der Waals surface area contributed by atoms with Crippen molar-refractivity contribution in [2.24, 2.45) is 11.1 Å². The molecule has 2 fully saturated rings. The van der Waals surface area contributed by atoms with Gasteiger partial charge >= 0.3 is 0 Å². The summed E-state index contributed by atoms with van der Waals surface area (Å²) in [4.78, 5) is 9.54. The second-order valence-corrected chi connectivity index (χ2v) is 7.31. The van der Waals surface area contributed by atoms with Gasteiger partial charge in [0.15, 0.2) is 0 Å². The lowest BCUT2D eigenvalue weighted by Crippen LogP contribution is -2.52.